The van der Waals surface area contributed by atoms with Gasteiger partial charge in [0.05, 0.1) is 11.4 Å². The van der Waals surface area contributed by atoms with Crippen LogP contribution >= 0.6 is 0 Å². The molecule has 0 saturated carbocycles. The molecule has 0 unspecified atom stereocenters. The number of benzene rings is 2. The van der Waals surface area contributed by atoms with Gasteiger partial charge in [-0.3, -0.25) is 14.3 Å². The van der Waals surface area contributed by atoms with Crippen molar-refractivity contribution in [2.45, 2.75) is 13.8 Å². The highest BCUT2D eigenvalue weighted by Crippen LogP contribution is 2.15. The van der Waals surface area contributed by atoms with Crippen LogP contribution in [0.1, 0.15) is 17.1 Å². The van der Waals surface area contributed by atoms with Gasteiger partial charge in [-0.15, -0.1) is 5.10 Å². The van der Waals surface area contributed by atoms with E-state index in [1.165, 1.54) is 9.36 Å². The van der Waals surface area contributed by atoms with Gasteiger partial charge in [0.25, 0.3) is 11.5 Å². The van der Waals surface area contributed by atoms with Crippen molar-refractivity contribution in [2.75, 3.05) is 11.9 Å². The number of para-hydroxylation sites is 1. The molecule has 0 aliphatic rings. The molecule has 0 radical (unpaired) electrons. The largest absolute Gasteiger partial charge is 0.451 e. The summed E-state index contributed by atoms with van der Waals surface area (Å²) in [5.74, 6) is -1.09. The Morgan fingerprint density at radius 1 is 1.03 bits per heavy atom. The Hall–Kier alpha value is -4.80. The summed E-state index contributed by atoms with van der Waals surface area (Å²) < 4.78 is 9.55. The van der Waals surface area contributed by atoms with Crippen molar-refractivity contribution in [3.8, 4) is 5.69 Å². The highest BCUT2D eigenvalue weighted by atomic mass is 16.5. The van der Waals surface area contributed by atoms with Gasteiger partial charge < -0.3 is 10.1 Å². The summed E-state index contributed by atoms with van der Waals surface area (Å²) in [4.78, 5) is 38.4. The molecule has 2 heterocycles. The molecule has 0 atom stereocenters. The number of hydrogen-bond donors (Lipinski definition) is 1. The van der Waals surface area contributed by atoms with Crippen LogP contribution in [0.25, 0.3) is 17.5 Å². The molecule has 2 aromatic heterocycles. The number of tetrazole rings is 1. The minimum absolute atomic E-state index is 0.0359. The van der Waals surface area contributed by atoms with Crippen molar-refractivity contribution < 1.29 is 14.3 Å². The summed E-state index contributed by atoms with van der Waals surface area (Å²) in [5, 5.41) is 13.8. The molecule has 1 N–H and O–H groups in total. The topological polar surface area (TPSA) is 126 Å². The molecule has 0 spiro atoms. The summed E-state index contributed by atoms with van der Waals surface area (Å²) in [7, 11) is 1.72. The van der Waals surface area contributed by atoms with Crippen molar-refractivity contribution in [2.24, 2.45) is 7.05 Å². The number of rotatable bonds is 7. The van der Waals surface area contributed by atoms with Gasteiger partial charge in [0, 0.05) is 7.05 Å². The number of ether oxygens (including phenoxy) is 1. The molecule has 0 bridgehead atoms. The molecule has 11 nitrogen and oxygen atoms in total. The Kier molecular flexibility index (Phi) is 6.67. The van der Waals surface area contributed by atoms with Gasteiger partial charge in [0.2, 0.25) is 0 Å². The number of carbonyl (C=O) groups excluding carboxylic acids is 2. The number of carbonyl (C=O) groups is 2. The number of esters is 1. The van der Waals surface area contributed by atoms with E-state index in [0.717, 1.165) is 5.56 Å². The van der Waals surface area contributed by atoms with E-state index in [9.17, 15) is 14.4 Å². The zero-order valence-electron chi connectivity index (χ0n) is 19.4. The third-order valence-electron chi connectivity index (χ3n) is 5.32. The van der Waals surface area contributed by atoms with Gasteiger partial charge >= 0.3 is 5.97 Å². The Labute approximate surface area is 200 Å². The molecule has 1 amide bonds. The lowest BCUT2D eigenvalue weighted by molar-refractivity contribution is -0.141. The molecule has 0 saturated heterocycles. The quantitative estimate of drug-likeness (QED) is 0.321. The third kappa shape index (κ3) is 4.93. The molecule has 4 rings (SSSR count). The zero-order valence-corrected chi connectivity index (χ0v) is 19.4. The number of aromatic nitrogens is 6. The van der Waals surface area contributed by atoms with Crippen LogP contribution in [-0.4, -0.2) is 48.1 Å². The van der Waals surface area contributed by atoms with Crippen LogP contribution in [0.3, 0.4) is 0 Å². The van der Waals surface area contributed by atoms with Crippen LogP contribution in [-0.2, 0) is 21.4 Å². The Morgan fingerprint density at radius 2 is 1.69 bits per heavy atom. The van der Waals surface area contributed by atoms with Crippen LogP contribution in [0.15, 0.2) is 65.5 Å². The van der Waals surface area contributed by atoms with Crippen LogP contribution < -0.4 is 10.9 Å². The second kappa shape index (κ2) is 10.00. The number of anilines is 1. The molecule has 4 aromatic rings. The number of nitrogens with one attached hydrogen (secondary N) is 1. The van der Waals surface area contributed by atoms with E-state index < -0.39 is 24.0 Å². The first-order valence-electron chi connectivity index (χ1n) is 10.7. The second-order valence-electron chi connectivity index (χ2n) is 7.64. The van der Waals surface area contributed by atoms with E-state index in [2.05, 4.69) is 20.8 Å². The van der Waals surface area contributed by atoms with Gasteiger partial charge in [0.1, 0.15) is 5.69 Å². The van der Waals surface area contributed by atoms with Crippen LogP contribution in [0, 0.1) is 13.8 Å². The predicted molar refractivity (Wildman–Crippen MR) is 128 cm³/mol. The molecule has 11 heteroatoms. The smallest absolute Gasteiger partial charge is 0.357 e. The first-order chi connectivity index (χ1) is 16.9. The van der Waals surface area contributed by atoms with E-state index >= 15 is 0 Å². The molecule has 178 valence electrons. The molecule has 0 aliphatic heterocycles. The number of hydrogen-bond acceptors (Lipinski definition) is 7. The van der Waals surface area contributed by atoms with Crippen LogP contribution in [0.2, 0.25) is 0 Å². The van der Waals surface area contributed by atoms with Gasteiger partial charge in [0.15, 0.2) is 18.1 Å². The first kappa shape index (κ1) is 23.4. The monoisotopic (exact) mass is 473 g/mol. The summed E-state index contributed by atoms with van der Waals surface area (Å²) in [6.07, 6.45) is 1.56. The van der Waals surface area contributed by atoms with Gasteiger partial charge in [-0.1, -0.05) is 48.5 Å². The number of aryl methyl sites for hydroxylation is 1. The van der Waals surface area contributed by atoms with Crippen LogP contribution in [0.4, 0.5) is 5.69 Å². The fraction of sp³-hybridized carbons (Fsp3) is 0.167. The second-order valence-corrected chi connectivity index (χ2v) is 7.64. The molecular weight excluding hydrogens is 450 g/mol. The fourth-order valence-electron chi connectivity index (χ4n) is 3.46. The SMILES string of the molecule is Cc1nnnn1/C(=C/c1ccccc1)C(=O)OCC(=O)Nc1c(C)n(C)n(-c2ccccc2)c1=O. The van der Waals surface area contributed by atoms with Gasteiger partial charge in [-0.2, -0.15) is 4.68 Å². The summed E-state index contributed by atoms with van der Waals surface area (Å²) >= 11 is 0. The molecule has 2 aromatic carbocycles. The lowest BCUT2D eigenvalue weighted by atomic mass is 10.2. The molecular formula is C24H23N7O4. The van der Waals surface area contributed by atoms with E-state index in [-0.39, 0.29) is 11.4 Å². The fourth-order valence-corrected chi connectivity index (χ4v) is 3.46. The Morgan fingerprint density at radius 3 is 2.31 bits per heavy atom. The van der Waals surface area contributed by atoms with Crippen LogP contribution in [0.5, 0.6) is 0 Å². The highest BCUT2D eigenvalue weighted by Gasteiger charge is 2.21. The normalized spacial score (nSPS) is 11.3. The summed E-state index contributed by atoms with van der Waals surface area (Å²) in [6, 6.07) is 18.1. The molecule has 0 aliphatic carbocycles. The van der Waals surface area contributed by atoms with Gasteiger partial charge in [-0.05, 0) is 48.0 Å². The lowest BCUT2D eigenvalue weighted by Crippen LogP contribution is -2.26. The summed E-state index contributed by atoms with van der Waals surface area (Å²) in [6.45, 7) is 2.74. The summed E-state index contributed by atoms with van der Waals surface area (Å²) in [5.41, 5.74) is 1.67. The average molecular weight is 473 g/mol. The first-order valence-corrected chi connectivity index (χ1v) is 10.7. The van der Waals surface area contributed by atoms with Crippen molar-refractivity contribution in [3.05, 3.63) is 88.1 Å². The van der Waals surface area contributed by atoms with E-state index in [1.54, 1.807) is 55.9 Å². The minimum Gasteiger partial charge on any atom is -0.451 e. The maximum Gasteiger partial charge on any atom is 0.357 e. The van der Waals surface area contributed by atoms with E-state index in [1.807, 2.05) is 36.4 Å². The maximum atomic E-state index is 13.0. The predicted octanol–water partition coefficient (Wildman–Crippen LogP) is 1.96. The average Bonchev–Trinajstić information content (AvgIpc) is 3.38. The van der Waals surface area contributed by atoms with Gasteiger partial charge in [-0.25, -0.2) is 9.48 Å². The van der Waals surface area contributed by atoms with Crippen molar-refractivity contribution in [3.63, 3.8) is 0 Å². The molecule has 0 fully saturated rings. The minimum atomic E-state index is -0.800. The number of amides is 1. The van der Waals surface area contributed by atoms with Crippen molar-refractivity contribution in [1.29, 1.82) is 0 Å². The van der Waals surface area contributed by atoms with E-state index in [0.29, 0.717) is 17.2 Å². The standard InChI is InChI=1S/C24H23N7O4/c1-16-22(23(33)31(29(16)3)19-12-8-5-9-13-19)25-21(32)15-35-24(34)20(30-17(2)26-27-28-30)14-18-10-6-4-7-11-18/h4-14H,15H2,1-3H3,(H,25,32)/b20-14+. The van der Waals surface area contributed by atoms with Crippen molar-refractivity contribution in [1.82, 2.24) is 29.6 Å². The highest BCUT2D eigenvalue weighted by molar-refractivity contribution is 6.15. The third-order valence-corrected chi connectivity index (χ3v) is 5.32. The zero-order chi connectivity index (χ0) is 24.9. The Balaban J connectivity index is 1.51. The number of nitrogens with zero attached hydrogens (tertiary/aromatic N) is 6. The lowest BCUT2D eigenvalue weighted by Gasteiger charge is -2.09. The maximum absolute atomic E-state index is 13.0. The molecule has 35 heavy (non-hydrogen) atoms. The van der Waals surface area contributed by atoms with E-state index in [4.69, 9.17) is 4.74 Å². The Bertz CT molecular complexity index is 1450. The van der Waals surface area contributed by atoms with Crippen molar-refractivity contribution >= 4 is 29.3 Å².